The van der Waals surface area contributed by atoms with Crippen molar-refractivity contribution >= 4 is 39.8 Å². The number of fused-ring (bicyclic) bond motifs is 1. The normalized spacial score (nSPS) is 13.1. The summed E-state index contributed by atoms with van der Waals surface area (Å²) in [5.41, 5.74) is 6.25. The second-order valence-electron chi connectivity index (χ2n) is 7.45. The molecule has 0 saturated carbocycles. The van der Waals surface area contributed by atoms with Crippen LogP contribution >= 0.6 is 28.3 Å². The molecule has 5 heteroatoms. The van der Waals surface area contributed by atoms with Gasteiger partial charge >= 0.3 is 0 Å². The zero-order valence-electron chi connectivity index (χ0n) is 16.5. The van der Waals surface area contributed by atoms with Gasteiger partial charge in [-0.3, -0.25) is 9.69 Å². The number of halogens is 2. The Labute approximate surface area is 192 Å². The largest absolute Gasteiger partial charge is 0.294 e. The van der Waals surface area contributed by atoms with E-state index in [4.69, 9.17) is 6.57 Å². The number of carbonyl (C=O) groups excluding carboxylic acids is 1. The van der Waals surface area contributed by atoms with Gasteiger partial charge in [-0.1, -0.05) is 64.5 Å². The lowest BCUT2D eigenvalue weighted by molar-refractivity contribution is 0.0992. The van der Waals surface area contributed by atoms with E-state index in [1.54, 1.807) is 12.1 Å². The highest BCUT2D eigenvalue weighted by atomic mass is 79.9. The molecule has 1 heterocycles. The molecule has 0 N–H and O–H groups in total. The molecule has 3 nitrogen and oxygen atoms in total. The average molecular weight is 482 g/mol. The van der Waals surface area contributed by atoms with E-state index >= 15 is 0 Å². The standard InChI is InChI=1S/C25H21BrN2O.ClH/c1-27-24-9-5-18(6-10-24)14-25(29)21-4-2-3-19(13-21)16-28-12-11-20-15-23(26)8-7-22(20)17-28;/h2-10,13,15H,11-12,14,16-17H2;1H. The number of nitrogens with zero attached hydrogens (tertiary/aromatic N) is 2. The van der Waals surface area contributed by atoms with Crippen LogP contribution in [-0.2, 0) is 25.9 Å². The fourth-order valence-electron chi connectivity index (χ4n) is 3.79. The van der Waals surface area contributed by atoms with Crippen molar-refractivity contribution < 1.29 is 4.79 Å². The maximum Gasteiger partial charge on any atom is 0.187 e. The lowest BCUT2D eigenvalue weighted by Gasteiger charge is -2.29. The van der Waals surface area contributed by atoms with E-state index in [0.29, 0.717) is 12.1 Å². The van der Waals surface area contributed by atoms with E-state index in [2.05, 4.69) is 49.9 Å². The van der Waals surface area contributed by atoms with Crippen molar-refractivity contribution in [3.05, 3.63) is 110 Å². The van der Waals surface area contributed by atoms with Crippen molar-refractivity contribution in [2.24, 2.45) is 0 Å². The number of Topliss-reactive ketones (excluding diaryl/α,β-unsaturated/α-hetero) is 1. The number of hydrogen-bond donors (Lipinski definition) is 0. The number of rotatable bonds is 5. The quantitative estimate of drug-likeness (QED) is 0.311. The highest BCUT2D eigenvalue weighted by Gasteiger charge is 2.17. The average Bonchev–Trinajstić information content (AvgIpc) is 2.74. The zero-order valence-corrected chi connectivity index (χ0v) is 18.9. The molecule has 3 aromatic carbocycles. The smallest absolute Gasteiger partial charge is 0.187 e. The van der Waals surface area contributed by atoms with Crippen molar-refractivity contribution in [2.45, 2.75) is 25.9 Å². The predicted molar refractivity (Wildman–Crippen MR) is 126 cm³/mol. The van der Waals surface area contributed by atoms with Crippen LogP contribution in [0.25, 0.3) is 4.85 Å². The molecule has 0 unspecified atom stereocenters. The molecule has 1 aliphatic heterocycles. The highest BCUT2D eigenvalue weighted by Crippen LogP contribution is 2.24. The van der Waals surface area contributed by atoms with Gasteiger partial charge in [-0.25, -0.2) is 4.85 Å². The zero-order chi connectivity index (χ0) is 20.2. The Bertz CT molecular complexity index is 1090. The fourth-order valence-corrected chi connectivity index (χ4v) is 4.20. The van der Waals surface area contributed by atoms with Crippen LogP contribution in [0.15, 0.2) is 71.2 Å². The Balaban J connectivity index is 0.00000256. The first-order chi connectivity index (χ1) is 14.1. The summed E-state index contributed by atoms with van der Waals surface area (Å²) in [5, 5.41) is 0. The van der Waals surface area contributed by atoms with E-state index in [0.717, 1.165) is 41.7 Å². The van der Waals surface area contributed by atoms with Crippen LogP contribution < -0.4 is 0 Å². The van der Waals surface area contributed by atoms with Crippen LogP contribution in [0.1, 0.15) is 32.6 Å². The number of hydrogen-bond acceptors (Lipinski definition) is 2. The minimum Gasteiger partial charge on any atom is -0.294 e. The molecule has 0 aromatic heterocycles. The minimum atomic E-state index is 0. The molecule has 30 heavy (non-hydrogen) atoms. The molecule has 0 atom stereocenters. The third-order valence-electron chi connectivity index (χ3n) is 5.34. The molecular formula is C25H22BrClN2O. The second kappa shape index (κ2) is 10.0. The molecule has 0 amide bonds. The Morgan fingerprint density at radius 1 is 1.00 bits per heavy atom. The summed E-state index contributed by atoms with van der Waals surface area (Å²) < 4.78 is 1.14. The van der Waals surface area contributed by atoms with Crippen LogP contribution in [0.2, 0.25) is 0 Å². The topological polar surface area (TPSA) is 24.7 Å². The lowest BCUT2D eigenvalue weighted by Crippen LogP contribution is -2.30. The maximum atomic E-state index is 12.7. The molecule has 0 spiro atoms. The van der Waals surface area contributed by atoms with Crippen molar-refractivity contribution in [1.29, 1.82) is 0 Å². The Morgan fingerprint density at radius 3 is 2.57 bits per heavy atom. The summed E-state index contributed by atoms with van der Waals surface area (Å²) in [5.74, 6) is 0.108. The molecular weight excluding hydrogens is 460 g/mol. The summed E-state index contributed by atoms with van der Waals surface area (Å²) in [6.07, 6.45) is 1.40. The maximum absolute atomic E-state index is 12.7. The third kappa shape index (κ3) is 5.37. The van der Waals surface area contributed by atoms with Gasteiger partial charge < -0.3 is 0 Å². The predicted octanol–water partition coefficient (Wildman–Crippen LogP) is 6.41. The first kappa shape index (κ1) is 22.2. The lowest BCUT2D eigenvalue weighted by atomic mass is 9.98. The molecule has 4 rings (SSSR count). The van der Waals surface area contributed by atoms with Crippen LogP contribution in [0, 0.1) is 6.57 Å². The summed E-state index contributed by atoms with van der Waals surface area (Å²) in [6.45, 7) is 9.83. The monoisotopic (exact) mass is 480 g/mol. The molecule has 0 aliphatic carbocycles. The van der Waals surface area contributed by atoms with Crippen LogP contribution in [0.4, 0.5) is 5.69 Å². The molecule has 0 bridgehead atoms. The molecule has 0 saturated heterocycles. The van der Waals surface area contributed by atoms with Crippen molar-refractivity contribution in [1.82, 2.24) is 4.90 Å². The van der Waals surface area contributed by atoms with Crippen molar-refractivity contribution in [2.75, 3.05) is 6.54 Å². The number of benzene rings is 3. The SMILES string of the molecule is Cl.[C-]#[N+]c1ccc(CC(=O)c2cccc(CN3CCc4cc(Br)ccc4C3)c2)cc1. The summed E-state index contributed by atoms with van der Waals surface area (Å²) in [7, 11) is 0. The molecule has 1 aliphatic rings. The van der Waals surface area contributed by atoms with E-state index in [-0.39, 0.29) is 18.2 Å². The molecule has 0 radical (unpaired) electrons. The molecule has 152 valence electrons. The van der Waals surface area contributed by atoms with E-state index in [9.17, 15) is 4.79 Å². The van der Waals surface area contributed by atoms with Gasteiger partial charge in [-0.15, -0.1) is 12.4 Å². The van der Waals surface area contributed by atoms with Gasteiger partial charge in [0.1, 0.15) is 0 Å². The van der Waals surface area contributed by atoms with Crippen LogP contribution in [-0.4, -0.2) is 17.2 Å². The molecule has 3 aromatic rings. The second-order valence-corrected chi connectivity index (χ2v) is 8.37. The Hall–Kier alpha value is -2.45. The Morgan fingerprint density at radius 2 is 1.80 bits per heavy atom. The first-order valence-electron chi connectivity index (χ1n) is 9.69. The van der Waals surface area contributed by atoms with Crippen molar-refractivity contribution in [3.63, 3.8) is 0 Å². The summed E-state index contributed by atoms with van der Waals surface area (Å²) in [4.78, 5) is 18.6. The number of ketones is 1. The van der Waals surface area contributed by atoms with Gasteiger partial charge in [0.15, 0.2) is 11.5 Å². The van der Waals surface area contributed by atoms with E-state index in [1.165, 1.54) is 16.7 Å². The van der Waals surface area contributed by atoms with Gasteiger partial charge in [0.2, 0.25) is 0 Å². The van der Waals surface area contributed by atoms with Crippen molar-refractivity contribution in [3.8, 4) is 0 Å². The van der Waals surface area contributed by atoms with Gasteiger partial charge in [-0.2, -0.15) is 0 Å². The van der Waals surface area contributed by atoms with Gasteiger partial charge in [-0.05, 0) is 46.9 Å². The minimum absolute atomic E-state index is 0. The molecule has 0 fully saturated rings. The highest BCUT2D eigenvalue weighted by molar-refractivity contribution is 9.10. The van der Waals surface area contributed by atoms with Gasteiger partial charge in [0, 0.05) is 36.1 Å². The van der Waals surface area contributed by atoms with Gasteiger partial charge in [0.25, 0.3) is 0 Å². The first-order valence-corrected chi connectivity index (χ1v) is 10.5. The number of carbonyl (C=O) groups is 1. The van der Waals surface area contributed by atoms with E-state index < -0.39 is 0 Å². The Kier molecular flexibility index (Phi) is 7.44. The summed E-state index contributed by atoms with van der Waals surface area (Å²) in [6, 6.07) is 21.7. The van der Waals surface area contributed by atoms with Crippen LogP contribution in [0.5, 0.6) is 0 Å². The van der Waals surface area contributed by atoms with E-state index in [1.807, 2.05) is 30.3 Å². The van der Waals surface area contributed by atoms with Gasteiger partial charge in [0.05, 0.1) is 6.57 Å². The third-order valence-corrected chi connectivity index (χ3v) is 5.84. The van der Waals surface area contributed by atoms with Crippen LogP contribution in [0.3, 0.4) is 0 Å². The fraction of sp³-hybridized carbons (Fsp3) is 0.200. The summed E-state index contributed by atoms with van der Waals surface area (Å²) >= 11 is 3.55.